The Hall–Kier alpha value is -2.04. The molecule has 1 aromatic rings. The van der Waals surface area contributed by atoms with Gasteiger partial charge in [0.1, 0.15) is 6.54 Å². The summed E-state index contributed by atoms with van der Waals surface area (Å²) < 4.78 is 0. The number of benzene rings is 1. The molecule has 5 nitrogen and oxygen atoms in total. The van der Waals surface area contributed by atoms with Crippen LogP contribution in [0.5, 0.6) is 0 Å². The number of nitrogens with zero attached hydrogens (tertiary/aromatic N) is 1. The van der Waals surface area contributed by atoms with E-state index in [9.17, 15) is 9.59 Å². The average molecular weight is 236 g/mol. The zero-order chi connectivity index (χ0) is 12.7. The maximum absolute atomic E-state index is 11.6. The molecular weight excluding hydrogens is 220 g/mol. The second kappa shape index (κ2) is 6.52. The molecule has 0 aliphatic rings. The summed E-state index contributed by atoms with van der Waals surface area (Å²) in [5, 5.41) is 11.4. The summed E-state index contributed by atoms with van der Waals surface area (Å²) in [6, 6.07) is 8.93. The molecule has 0 heterocycles. The van der Waals surface area contributed by atoms with Gasteiger partial charge in [0, 0.05) is 13.1 Å². The Morgan fingerprint density at radius 3 is 2.47 bits per heavy atom. The molecule has 17 heavy (non-hydrogen) atoms. The maximum atomic E-state index is 11.6. The number of carbonyl (C=O) groups is 2. The molecule has 0 spiro atoms. The molecule has 0 atom stereocenters. The monoisotopic (exact) mass is 236 g/mol. The molecule has 0 aromatic heterocycles. The maximum Gasteiger partial charge on any atom is 0.323 e. The standard InChI is InChI=1S/C12H16N2O3/c1-2-13-12(17)14(9-11(15)16)8-10-6-4-3-5-7-10/h3-7H,2,8-9H2,1H3,(H,13,17)(H,15,16). The van der Waals surface area contributed by atoms with Gasteiger partial charge < -0.3 is 15.3 Å². The van der Waals surface area contributed by atoms with E-state index in [0.717, 1.165) is 5.56 Å². The number of urea groups is 1. The molecule has 2 amide bonds. The van der Waals surface area contributed by atoms with Gasteiger partial charge in [0.2, 0.25) is 0 Å². The van der Waals surface area contributed by atoms with E-state index >= 15 is 0 Å². The first-order chi connectivity index (χ1) is 8.13. The smallest absolute Gasteiger partial charge is 0.323 e. The largest absolute Gasteiger partial charge is 0.480 e. The van der Waals surface area contributed by atoms with Crippen LogP contribution in [0.4, 0.5) is 4.79 Å². The van der Waals surface area contributed by atoms with E-state index in [1.165, 1.54) is 4.90 Å². The Bertz CT molecular complexity index is 379. The minimum atomic E-state index is -1.02. The van der Waals surface area contributed by atoms with Gasteiger partial charge in [-0.2, -0.15) is 0 Å². The quantitative estimate of drug-likeness (QED) is 0.809. The van der Waals surface area contributed by atoms with Gasteiger partial charge in [-0.1, -0.05) is 30.3 Å². The van der Waals surface area contributed by atoms with E-state index in [4.69, 9.17) is 5.11 Å². The molecule has 0 aliphatic carbocycles. The van der Waals surface area contributed by atoms with Gasteiger partial charge in [-0.3, -0.25) is 4.79 Å². The molecule has 1 rings (SSSR count). The number of nitrogens with one attached hydrogen (secondary N) is 1. The minimum Gasteiger partial charge on any atom is -0.480 e. The van der Waals surface area contributed by atoms with Crippen molar-refractivity contribution in [2.45, 2.75) is 13.5 Å². The van der Waals surface area contributed by atoms with Crippen molar-refractivity contribution in [1.29, 1.82) is 0 Å². The summed E-state index contributed by atoms with van der Waals surface area (Å²) in [7, 11) is 0. The molecule has 2 N–H and O–H groups in total. The lowest BCUT2D eigenvalue weighted by Gasteiger charge is -2.20. The zero-order valence-corrected chi connectivity index (χ0v) is 9.72. The van der Waals surface area contributed by atoms with Crippen LogP contribution in [0.15, 0.2) is 30.3 Å². The van der Waals surface area contributed by atoms with Gasteiger partial charge in [-0.25, -0.2) is 4.79 Å². The molecular formula is C12H16N2O3. The van der Waals surface area contributed by atoms with Crippen LogP contribution in [0.3, 0.4) is 0 Å². The third-order valence-electron chi connectivity index (χ3n) is 2.16. The van der Waals surface area contributed by atoms with Gasteiger partial charge in [-0.15, -0.1) is 0 Å². The van der Waals surface area contributed by atoms with Crippen molar-refractivity contribution in [3.63, 3.8) is 0 Å². The molecule has 0 bridgehead atoms. The molecule has 0 fully saturated rings. The van der Waals surface area contributed by atoms with E-state index in [2.05, 4.69) is 5.32 Å². The topological polar surface area (TPSA) is 69.6 Å². The van der Waals surface area contributed by atoms with Crippen LogP contribution >= 0.6 is 0 Å². The SMILES string of the molecule is CCNC(=O)N(CC(=O)O)Cc1ccccc1. The first-order valence-corrected chi connectivity index (χ1v) is 5.42. The van der Waals surface area contributed by atoms with Crippen molar-refractivity contribution >= 4 is 12.0 Å². The van der Waals surface area contributed by atoms with E-state index < -0.39 is 5.97 Å². The summed E-state index contributed by atoms with van der Waals surface area (Å²) in [6.45, 7) is 2.25. The minimum absolute atomic E-state index is 0.291. The third kappa shape index (κ3) is 4.55. The number of rotatable bonds is 5. The highest BCUT2D eigenvalue weighted by atomic mass is 16.4. The number of hydrogen-bond acceptors (Lipinski definition) is 2. The lowest BCUT2D eigenvalue weighted by Crippen LogP contribution is -2.42. The predicted octanol–water partition coefficient (Wildman–Crippen LogP) is 1.30. The van der Waals surface area contributed by atoms with Crippen LogP contribution in [0.2, 0.25) is 0 Å². The fraction of sp³-hybridized carbons (Fsp3) is 0.333. The highest BCUT2D eigenvalue weighted by molar-refractivity contribution is 5.80. The number of carboxylic acid groups (broad SMARTS) is 1. The van der Waals surface area contributed by atoms with Crippen molar-refractivity contribution < 1.29 is 14.7 Å². The van der Waals surface area contributed by atoms with Crippen LogP contribution in [0.1, 0.15) is 12.5 Å². The molecule has 92 valence electrons. The van der Waals surface area contributed by atoms with Crippen molar-refractivity contribution in [3.8, 4) is 0 Å². The van der Waals surface area contributed by atoms with E-state index in [1.807, 2.05) is 30.3 Å². The normalized spacial score (nSPS) is 9.71. The summed E-state index contributed by atoms with van der Waals surface area (Å²) in [5.74, 6) is -1.02. The number of carboxylic acids is 1. The van der Waals surface area contributed by atoms with Crippen LogP contribution in [0.25, 0.3) is 0 Å². The lowest BCUT2D eigenvalue weighted by molar-refractivity contribution is -0.137. The Balaban J connectivity index is 2.70. The molecule has 0 saturated carbocycles. The van der Waals surface area contributed by atoms with Crippen LogP contribution in [-0.4, -0.2) is 35.1 Å². The third-order valence-corrected chi connectivity index (χ3v) is 2.16. The molecule has 0 aliphatic heterocycles. The summed E-state index contributed by atoms with van der Waals surface area (Å²) in [4.78, 5) is 23.6. The molecule has 5 heteroatoms. The Morgan fingerprint density at radius 1 is 1.29 bits per heavy atom. The first kappa shape index (κ1) is 13.0. The number of amides is 2. The van der Waals surface area contributed by atoms with Crippen LogP contribution in [0, 0.1) is 0 Å². The predicted molar refractivity (Wildman–Crippen MR) is 63.6 cm³/mol. The van der Waals surface area contributed by atoms with Crippen LogP contribution < -0.4 is 5.32 Å². The second-order valence-electron chi connectivity index (χ2n) is 3.57. The fourth-order valence-electron chi connectivity index (χ4n) is 1.43. The number of carbonyl (C=O) groups excluding carboxylic acids is 1. The van der Waals surface area contributed by atoms with E-state index in [0.29, 0.717) is 13.1 Å². The zero-order valence-electron chi connectivity index (χ0n) is 9.72. The summed E-state index contributed by atoms with van der Waals surface area (Å²) in [5.41, 5.74) is 0.903. The average Bonchev–Trinajstić information content (AvgIpc) is 2.29. The summed E-state index contributed by atoms with van der Waals surface area (Å²) in [6.07, 6.45) is 0. The number of aliphatic carboxylic acids is 1. The van der Waals surface area contributed by atoms with Gasteiger partial charge in [0.15, 0.2) is 0 Å². The van der Waals surface area contributed by atoms with Crippen molar-refractivity contribution in [2.75, 3.05) is 13.1 Å². The summed E-state index contributed by atoms with van der Waals surface area (Å²) >= 11 is 0. The van der Waals surface area contributed by atoms with Gasteiger partial charge in [0.05, 0.1) is 0 Å². The fourth-order valence-corrected chi connectivity index (χ4v) is 1.43. The lowest BCUT2D eigenvalue weighted by atomic mass is 10.2. The van der Waals surface area contributed by atoms with E-state index in [-0.39, 0.29) is 12.6 Å². The van der Waals surface area contributed by atoms with Crippen molar-refractivity contribution in [2.24, 2.45) is 0 Å². The highest BCUT2D eigenvalue weighted by Crippen LogP contribution is 2.04. The van der Waals surface area contributed by atoms with Gasteiger partial charge in [0.25, 0.3) is 0 Å². The molecule has 0 unspecified atom stereocenters. The second-order valence-corrected chi connectivity index (χ2v) is 3.57. The Kier molecular flexibility index (Phi) is 5.00. The van der Waals surface area contributed by atoms with Gasteiger partial charge in [-0.05, 0) is 12.5 Å². The highest BCUT2D eigenvalue weighted by Gasteiger charge is 2.15. The van der Waals surface area contributed by atoms with Crippen molar-refractivity contribution in [3.05, 3.63) is 35.9 Å². The van der Waals surface area contributed by atoms with Crippen molar-refractivity contribution in [1.82, 2.24) is 10.2 Å². The van der Waals surface area contributed by atoms with Gasteiger partial charge >= 0.3 is 12.0 Å². The molecule has 0 saturated heterocycles. The van der Waals surface area contributed by atoms with Crippen LogP contribution in [-0.2, 0) is 11.3 Å². The van der Waals surface area contributed by atoms with E-state index in [1.54, 1.807) is 6.92 Å². The Labute approximate surface area is 100 Å². The molecule has 1 aromatic carbocycles. The molecule has 0 radical (unpaired) electrons. The first-order valence-electron chi connectivity index (χ1n) is 5.42. The number of hydrogen-bond donors (Lipinski definition) is 2. The Morgan fingerprint density at radius 2 is 1.94 bits per heavy atom.